The minimum Gasteiger partial charge on any atom is -0.482 e. The van der Waals surface area contributed by atoms with Gasteiger partial charge in [0.2, 0.25) is 0 Å². The van der Waals surface area contributed by atoms with Crippen LogP contribution in [0.4, 0.5) is 0 Å². The second kappa shape index (κ2) is 4.89. The topological polar surface area (TPSA) is 45.9 Å². The van der Waals surface area contributed by atoms with Crippen molar-refractivity contribution < 1.29 is 4.74 Å². The molecule has 0 radical (unpaired) electrons. The molecule has 0 saturated carbocycles. The van der Waals surface area contributed by atoms with Gasteiger partial charge in [0.1, 0.15) is 11.4 Å². The smallest absolute Gasteiger partial charge is 0.145 e. The molecule has 1 aromatic heterocycles. The minimum atomic E-state index is -0.532. The summed E-state index contributed by atoms with van der Waals surface area (Å²) in [6.07, 6.45) is 1.74. The molecule has 0 N–H and O–H groups in total. The fraction of sp³-hybridized carbons (Fsp3) is 0.200. The first-order valence-electron chi connectivity index (χ1n) is 5.72. The highest BCUT2D eigenvalue weighted by molar-refractivity contribution is 5.36. The average Bonchev–Trinajstić information content (AvgIpc) is 2.39. The fourth-order valence-electron chi connectivity index (χ4n) is 1.69. The second-order valence-corrected chi connectivity index (χ2v) is 4.47. The van der Waals surface area contributed by atoms with Crippen LogP contribution in [-0.2, 0) is 5.60 Å². The van der Waals surface area contributed by atoms with Crippen molar-refractivity contribution in [1.82, 2.24) is 4.98 Å². The Labute approximate surface area is 107 Å². The van der Waals surface area contributed by atoms with Crippen LogP contribution in [0.3, 0.4) is 0 Å². The molecular weight excluding hydrogens is 224 g/mol. The molecule has 3 heteroatoms. The van der Waals surface area contributed by atoms with Crippen molar-refractivity contribution in [2.24, 2.45) is 0 Å². The first-order valence-corrected chi connectivity index (χ1v) is 5.72. The summed E-state index contributed by atoms with van der Waals surface area (Å²) in [6.45, 7) is 3.91. The van der Waals surface area contributed by atoms with E-state index in [0.717, 1.165) is 5.69 Å². The maximum atomic E-state index is 8.86. The Morgan fingerprint density at radius 1 is 1.17 bits per heavy atom. The lowest BCUT2D eigenvalue weighted by Gasteiger charge is -2.25. The van der Waals surface area contributed by atoms with Gasteiger partial charge >= 0.3 is 0 Å². The molecule has 18 heavy (non-hydrogen) atoms. The molecule has 0 unspecified atom stereocenters. The zero-order valence-electron chi connectivity index (χ0n) is 10.4. The molecular formula is C15H14N2O. The summed E-state index contributed by atoms with van der Waals surface area (Å²) in [6, 6.07) is 14.9. The van der Waals surface area contributed by atoms with Crippen LogP contribution in [0.5, 0.6) is 5.75 Å². The number of nitriles is 1. The molecule has 0 aliphatic carbocycles. The monoisotopic (exact) mass is 238 g/mol. The summed E-state index contributed by atoms with van der Waals surface area (Å²) in [5, 5.41) is 8.86. The number of aromatic nitrogens is 1. The molecule has 1 heterocycles. The van der Waals surface area contributed by atoms with Gasteiger partial charge in [-0.2, -0.15) is 5.26 Å². The molecule has 0 saturated heterocycles. The highest BCUT2D eigenvalue weighted by atomic mass is 16.5. The van der Waals surface area contributed by atoms with Gasteiger partial charge < -0.3 is 4.74 Å². The molecule has 2 rings (SSSR count). The minimum absolute atomic E-state index is 0.532. The van der Waals surface area contributed by atoms with E-state index in [4.69, 9.17) is 10.00 Å². The van der Waals surface area contributed by atoms with E-state index in [0.29, 0.717) is 11.3 Å². The van der Waals surface area contributed by atoms with E-state index in [9.17, 15) is 0 Å². The Morgan fingerprint density at radius 2 is 2.00 bits per heavy atom. The maximum Gasteiger partial charge on any atom is 0.145 e. The maximum absolute atomic E-state index is 8.86. The number of rotatable bonds is 3. The van der Waals surface area contributed by atoms with Gasteiger partial charge in [-0.15, -0.1) is 0 Å². The van der Waals surface area contributed by atoms with Gasteiger partial charge in [0.25, 0.3) is 0 Å². The van der Waals surface area contributed by atoms with E-state index >= 15 is 0 Å². The van der Waals surface area contributed by atoms with E-state index in [1.165, 1.54) is 0 Å². The average molecular weight is 238 g/mol. The quantitative estimate of drug-likeness (QED) is 0.824. The third-order valence-corrected chi connectivity index (χ3v) is 2.62. The third kappa shape index (κ3) is 2.67. The zero-order valence-corrected chi connectivity index (χ0v) is 10.4. The highest BCUT2D eigenvalue weighted by Crippen LogP contribution is 2.26. The van der Waals surface area contributed by atoms with E-state index < -0.39 is 5.60 Å². The van der Waals surface area contributed by atoms with Crippen LogP contribution in [0, 0.1) is 11.3 Å². The van der Waals surface area contributed by atoms with Gasteiger partial charge in [-0.25, -0.2) is 0 Å². The number of hydrogen-bond donors (Lipinski definition) is 0. The lowest BCUT2D eigenvalue weighted by atomic mass is 10.0. The van der Waals surface area contributed by atoms with E-state index in [1.54, 1.807) is 18.3 Å². The summed E-state index contributed by atoms with van der Waals surface area (Å²) in [5.41, 5.74) is 0.909. The van der Waals surface area contributed by atoms with Crippen molar-refractivity contribution in [3.8, 4) is 11.8 Å². The largest absolute Gasteiger partial charge is 0.482 e. The van der Waals surface area contributed by atoms with Gasteiger partial charge in [-0.05, 0) is 44.2 Å². The molecule has 0 fully saturated rings. The zero-order chi connectivity index (χ0) is 13.0. The lowest BCUT2D eigenvalue weighted by Crippen LogP contribution is -2.26. The van der Waals surface area contributed by atoms with Gasteiger partial charge in [-0.3, -0.25) is 4.98 Å². The van der Waals surface area contributed by atoms with Crippen LogP contribution >= 0.6 is 0 Å². The Hall–Kier alpha value is -2.34. The Balaban J connectivity index is 2.25. The number of pyridine rings is 1. The molecule has 0 atom stereocenters. The van der Waals surface area contributed by atoms with E-state index in [2.05, 4.69) is 11.1 Å². The van der Waals surface area contributed by atoms with Crippen LogP contribution in [0.25, 0.3) is 0 Å². The molecule has 3 nitrogen and oxygen atoms in total. The van der Waals surface area contributed by atoms with Gasteiger partial charge in [0.15, 0.2) is 0 Å². The van der Waals surface area contributed by atoms with Gasteiger partial charge in [0.05, 0.1) is 17.3 Å². The highest BCUT2D eigenvalue weighted by Gasteiger charge is 2.23. The number of hydrogen-bond acceptors (Lipinski definition) is 3. The van der Waals surface area contributed by atoms with Crippen LogP contribution in [-0.4, -0.2) is 4.98 Å². The van der Waals surface area contributed by atoms with Crippen molar-refractivity contribution in [1.29, 1.82) is 5.26 Å². The number of nitrogens with zero attached hydrogens (tertiary/aromatic N) is 2. The standard InChI is InChI=1S/C15H14N2O/c1-15(2,14-8-3-4-9-17-14)18-13-7-5-6-12(10-13)11-16/h3-10H,1-2H3. The molecule has 90 valence electrons. The van der Waals surface area contributed by atoms with Crippen LogP contribution < -0.4 is 4.74 Å². The molecule has 2 aromatic rings. The predicted octanol–water partition coefficient (Wildman–Crippen LogP) is 3.27. The summed E-state index contributed by atoms with van der Waals surface area (Å²) in [4.78, 5) is 4.30. The number of ether oxygens (including phenoxy) is 1. The molecule has 0 spiro atoms. The molecule has 0 aliphatic heterocycles. The summed E-state index contributed by atoms with van der Waals surface area (Å²) in [7, 11) is 0. The fourth-order valence-corrected chi connectivity index (χ4v) is 1.69. The Kier molecular flexibility index (Phi) is 3.29. The molecule has 0 aliphatic rings. The van der Waals surface area contributed by atoms with E-state index in [-0.39, 0.29) is 0 Å². The van der Waals surface area contributed by atoms with Crippen LogP contribution in [0.15, 0.2) is 48.7 Å². The van der Waals surface area contributed by atoms with Crippen molar-refractivity contribution in [3.63, 3.8) is 0 Å². The first kappa shape index (κ1) is 12.1. The van der Waals surface area contributed by atoms with Crippen molar-refractivity contribution in [2.45, 2.75) is 19.4 Å². The number of benzene rings is 1. The van der Waals surface area contributed by atoms with Crippen molar-refractivity contribution >= 4 is 0 Å². The SMILES string of the molecule is CC(C)(Oc1cccc(C#N)c1)c1ccccn1. The Morgan fingerprint density at radius 3 is 2.67 bits per heavy atom. The molecule has 0 bridgehead atoms. The van der Waals surface area contributed by atoms with Gasteiger partial charge in [0, 0.05) is 6.20 Å². The summed E-state index contributed by atoms with van der Waals surface area (Å²) < 4.78 is 5.92. The van der Waals surface area contributed by atoms with Crippen LogP contribution in [0.2, 0.25) is 0 Å². The van der Waals surface area contributed by atoms with Crippen molar-refractivity contribution in [3.05, 3.63) is 59.9 Å². The molecule has 1 aromatic carbocycles. The first-order chi connectivity index (χ1) is 8.62. The van der Waals surface area contributed by atoms with Gasteiger partial charge in [-0.1, -0.05) is 12.1 Å². The van der Waals surface area contributed by atoms with Crippen LogP contribution in [0.1, 0.15) is 25.1 Å². The van der Waals surface area contributed by atoms with Crippen molar-refractivity contribution in [2.75, 3.05) is 0 Å². The third-order valence-electron chi connectivity index (χ3n) is 2.62. The summed E-state index contributed by atoms with van der Waals surface area (Å²) in [5.74, 6) is 0.671. The second-order valence-electron chi connectivity index (χ2n) is 4.47. The Bertz CT molecular complexity index is 571. The normalized spacial score (nSPS) is 10.7. The lowest BCUT2D eigenvalue weighted by molar-refractivity contribution is 0.104. The predicted molar refractivity (Wildman–Crippen MR) is 69.0 cm³/mol. The summed E-state index contributed by atoms with van der Waals surface area (Å²) >= 11 is 0. The molecule has 0 amide bonds. The van der Waals surface area contributed by atoms with E-state index in [1.807, 2.05) is 44.2 Å².